The zero-order chi connectivity index (χ0) is 18.3. The number of hydrogen-bond donors (Lipinski definition) is 0. The molecule has 0 bridgehead atoms. The maximum absolute atomic E-state index is 9.31. The van der Waals surface area contributed by atoms with Crippen molar-refractivity contribution < 1.29 is 4.74 Å². The molecular weight excluding hydrogens is 322 g/mol. The molecule has 1 aliphatic rings. The van der Waals surface area contributed by atoms with Crippen LogP contribution in [0.25, 0.3) is 0 Å². The smallest absolute Gasteiger partial charge is 0.144 e. The van der Waals surface area contributed by atoms with Gasteiger partial charge in [-0.15, -0.1) is 0 Å². The second kappa shape index (κ2) is 6.12. The number of ether oxygens (including phenoxy) is 1. The van der Waals surface area contributed by atoms with Crippen LogP contribution < -0.4 is 14.5 Å². The first kappa shape index (κ1) is 16.0. The lowest BCUT2D eigenvalue weighted by Crippen LogP contribution is -2.24. The van der Waals surface area contributed by atoms with Crippen LogP contribution in [0.3, 0.4) is 0 Å². The van der Waals surface area contributed by atoms with Gasteiger partial charge >= 0.3 is 0 Å². The van der Waals surface area contributed by atoms with E-state index in [0.29, 0.717) is 11.3 Å². The van der Waals surface area contributed by atoms with Crippen molar-refractivity contribution in [2.75, 3.05) is 24.0 Å². The van der Waals surface area contributed by atoms with Crippen molar-refractivity contribution >= 4 is 28.4 Å². The molecule has 3 aromatic rings. The Balaban J connectivity index is 2.05. The van der Waals surface area contributed by atoms with E-state index >= 15 is 0 Å². The lowest BCUT2D eigenvalue weighted by atomic mass is 10.0. The second-order valence-corrected chi connectivity index (χ2v) is 6.33. The Kier molecular flexibility index (Phi) is 3.78. The van der Waals surface area contributed by atoms with Crippen LogP contribution in [0.4, 0.5) is 28.4 Å². The fourth-order valence-electron chi connectivity index (χ4n) is 3.63. The van der Waals surface area contributed by atoms with Crippen molar-refractivity contribution in [3.05, 3.63) is 71.8 Å². The standard InChI is InChI=1S/C22H19N3O/c1-15-12-16(14-23)13-21(26-3)22(15)25-19-10-6-4-8-17(19)24(2)18-9-5-7-11-20(18)25/h4-13H,1-3H3. The SMILES string of the molecule is COc1cc(C#N)cc(C)c1N1c2ccccc2N(C)c2ccccc21. The van der Waals surface area contributed by atoms with Crippen LogP contribution >= 0.6 is 0 Å². The minimum atomic E-state index is 0.596. The molecule has 0 atom stereocenters. The third kappa shape index (κ3) is 2.29. The Hall–Kier alpha value is -3.45. The fourth-order valence-corrected chi connectivity index (χ4v) is 3.63. The molecule has 0 saturated heterocycles. The molecule has 128 valence electrons. The van der Waals surface area contributed by atoms with Crippen LogP contribution in [0.1, 0.15) is 11.1 Å². The summed E-state index contributed by atoms with van der Waals surface area (Å²) in [6.45, 7) is 2.02. The van der Waals surface area contributed by atoms with E-state index in [0.717, 1.165) is 34.0 Å². The van der Waals surface area contributed by atoms with Gasteiger partial charge in [0.05, 0.1) is 47.2 Å². The number of nitrogens with zero attached hydrogens (tertiary/aromatic N) is 3. The lowest BCUT2D eigenvalue weighted by molar-refractivity contribution is 0.415. The molecule has 4 nitrogen and oxygen atoms in total. The van der Waals surface area contributed by atoms with Crippen LogP contribution in [0.5, 0.6) is 5.75 Å². The third-order valence-corrected chi connectivity index (χ3v) is 4.81. The molecule has 0 aliphatic carbocycles. The largest absolute Gasteiger partial charge is 0.495 e. The highest BCUT2D eigenvalue weighted by atomic mass is 16.5. The summed E-state index contributed by atoms with van der Waals surface area (Å²) in [5, 5.41) is 9.31. The van der Waals surface area contributed by atoms with Crippen LogP contribution in [-0.2, 0) is 0 Å². The van der Waals surface area contributed by atoms with Crippen LogP contribution in [0.2, 0.25) is 0 Å². The van der Waals surface area contributed by atoms with E-state index in [1.54, 1.807) is 13.2 Å². The number of methoxy groups -OCH3 is 1. The maximum Gasteiger partial charge on any atom is 0.144 e. The first-order chi connectivity index (χ1) is 12.7. The highest BCUT2D eigenvalue weighted by Gasteiger charge is 2.29. The van der Waals surface area contributed by atoms with Gasteiger partial charge < -0.3 is 14.5 Å². The molecular formula is C22H19N3O. The average molecular weight is 341 g/mol. The molecule has 0 radical (unpaired) electrons. The quantitative estimate of drug-likeness (QED) is 0.623. The number of hydrogen-bond acceptors (Lipinski definition) is 4. The van der Waals surface area contributed by atoms with Crippen LogP contribution in [-0.4, -0.2) is 14.2 Å². The van der Waals surface area contributed by atoms with E-state index in [-0.39, 0.29) is 0 Å². The Morgan fingerprint density at radius 2 is 1.42 bits per heavy atom. The van der Waals surface area contributed by atoms with Gasteiger partial charge in [0.15, 0.2) is 0 Å². The molecule has 3 aromatic carbocycles. The van der Waals surface area contributed by atoms with Crippen LogP contribution in [0, 0.1) is 18.3 Å². The summed E-state index contributed by atoms with van der Waals surface area (Å²) in [5.74, 6) is 0.690. The van der Waals surface area contributed by atoms with E-state index in [4.69, 9.17) is 4.74 Å². The summed E-state index contributed by atoms with van der Waals surface area (Å²) in [6.07, 6.45) is 0. The number of anilines is 5. The Bertz CT molecular complexity index is 988. The summed E-state index contributed by atoms with van der Waals surface area (Å²) in [7, 11) is 3.73. The van der Waals surface area contributed by atoms with E-state index in [1.807, 2.05) is 37.3 Å². The monoisotopic (exact) mass is 341 g/mol. The minimum Gasteiger partial charge on any atom is -0.495 e. The summed E-state index contributed by atoms with van der Waals surface area (Å²) in [4.78, 5) is 4.42. The number of nitriles is 1. The lowest BCUT2D eigenvalue weighted by Gasteiger charge is -2.39. The zero-order valence-electron chi connectivity index (χ0n) is 15.0. The molecule has 0 fully saturated rings. The van der Waals surface area contributed by atoms with Crippen molar-refractivity contribution in [3.63, 3.8) is 0 Å². The highest BCUT2D eigenvalue weighted by Crippen LogP contribution is 2.53. The minimum absolute atomic E-state index is 0.596. The molecule has 0 amide bonds. The highest BCUT2D eigenvalue weighted by molar-refractivity contribution is 5.99. The molecule has 0 unspecified atom stereocenters. The molecule has 1 aliphatic heterocycles. The van der Waals surface area contributed by atoms with Gasteiger partial charge in [-0.1, -0.05) is 24.3 Å². The Morgan fingerprint density at radius 3 is 1.92 bits per heavy atom. The van der Waals surface area contributed by atoms with Gasteiger partial charge in [0, 0.05) is 13.1 Å². The first-order valence-corrected chi connectivity index (χ1v) is 8.46. The van der Waals surface area contributed by atoms with Gasteiger partial charge in [-0.2, -0.15) is 5.26 Å². The van der Waals surface area contributed by atoms with Gasteiger partial charge in [0.1, 0.15) is 5.75 Å². The second-order valence-electron chi connectivity index (χ2n) is 6.33. The molecule has 4 heteroatoms. The molecule has 0 aromatic heterocycles. The number of aryl methyl sites for hydroxylation is 1. The topological polar surface area (TPSA) is 39.5 Å². The average Bonchev–Trinajstić information content (AvgIpc) is 2.69. The van der Waals surface area contributed by atoms with Crippen LogP contribution in [0.15, 0.2) is 60.7 Å². The molecule has 26 heavy (non-hydrogen) atoms. The fraction of sp³-hybridized carbons (Fsp3) is 0.136. The van der Waals surface area contributed by atoms with E-state index < -0.39 is 0 Å². The molecule has 0 spiro atoms. The summed E-state index contributed by atoms with van der Waals surface area (Å²) in [6, 6.07) is 22.5. The van der Waals surface area contributed by atoms with Gasteiger partial charge in [0.25, 0.3) is 0 Å². The van der Waals surface area contributed by atoms with Crippen molar-refractivity contribution in [1.29, 1.82) is 5.26 Å². The predicted octanol–water partition coefficient (Wildman–Crippen LogP) is 5.43. The predicted molar refractivity (Wildman–Crippen MR) is 105 cm³/mol. The Labute approximate surface area is 153 Å². The van der Waals surface area contributed by atoms with E-state index in [9.17, 15) is 5.26 Å². The summed E-state index contributed by atoms with van der Waals surface area (Å²) < 4.78 is 5.67. The normalized spacial score (nSPS) is 12.2. The van der Waals surface area contributed by atoms with Gasteiger partial charge in [-0.3, -0.25) is 0 Å². The van der Waals surface area contributed by atoms with E-state index in [2.05, 4.69) is 47.2 Å². The summed E-state index contributed by atoms with van der Waals surface area (Å²) in [5.41, 5.74) is 6.96. The third-order valence-electron chi connectivity index (χ3n) is 4.81. The number of benzene rings is 3. The Morgan fingerprint density at radius 1 is 0.885 bits per heavy atom. The molecule has 4 rings (SSSR count). The number of fused-ring (bicyclic) bond motifs is 2. The van der Waals surface area contributed by atoms with Crippen molar-refractivity contribution in [2.24, 2.45) is 0 Å². The van der Waals surface area contributed by atoms with Crippen molar-refractivity contribution in [1.82, 2.24) is 0 Å². The van der Waals surface area contributed by atoms with Gasteiger partial charge in [-0.25, -0.2) is 0 Å². The first-order valence-electron chi connectivity index (χ1n) is 8.46. The van der Waals surface area contributed by atoms with Gasteiger partial charge in [0.2, 0.25) is 0 Å². The molecule has 0 saturated carbocycles. The zero-order valence-corrected chi connectivity index (χ0v) is 15.0. The summed E-state index contributed by atoms with van der Waals surface area (Å²) >= 11 is 0. The van der Waals surface area contributed by atoms with Crippen molar-refractivity contribution in [2.45, 2.75) is 6.92 Å². The number of para-hydroxylation sites is 4. The maximum atomic E-state index is 9.31. The molecule has 0 N–H and O–H groups in total. The van der Waals surface area contributed by atoms with E-state index in [1.165, 1.54) is 0 Å². The number of rotatable bonds is 2. The molecule has 1 heterocycles. The van der Waals surface area contributed by atoms with Crippen molar-refractivity contribution in [3.8, 4) is 11.8 Å². The van der Waals surface area contributed by atoms with Gasteiger partial charge in [-0.05, 0) is 42.8 Å².